The Morgan fingerprint density at radius 3 is 2.29 bits per heavy atom. The normalized spacial score (nSPS) is 20.1. The van der Waals surface area contributed by atoms with Crippen LogP contribution < -0.4 is 5.46 Å². The van der Waals surface area contributed by atoms with E-state index in [1.54, 1.807) is 11.9 Å². The molecule has 1 heterocycles. The minimum Gasteiger partial charge on any atom is -0.399 e. The van der Waals surface area contributed by atoms with Crippen LogP contribution in [0.1, 0.15) is 50.5 Å². The maximum Gasteiger partial charge on any atom is 0.494 e. The van der Waals surface area contributed by atoms with Crippen molar-refractivity contribution in [2.75, 3.05) is 13.7 Å². The van der Waals surface area contributed by atoms with Crippen LogP contribution in [-0.2, 0) is 9.31 Å². The maximum absolute atomic E-state index is 12.7. The minimum absolute atomic E-state index is 0.0712. The fraction of sp³-hybridized carbons (Fsp3) is 0.611. The lowest BCUT2D eigenvalue weighted by Crippen LogP contribution is -2.41. The summed E-state index contributed by atoms with van der Waals surface area (Å²) in [5, 5.41) is 9.28. The molecule has 1 aliphatic heterocycles. The smallest absolute Gasteiger partial charge is 0.399 e. The van der Waals surface area contributed by atoms with Gasteiger partial charge in [0.15, 0.2) is 0 Å². The zero-order valence-corrected chi connectivity index (χ0v) is 15.7. The predicted molar refractivity (Wildman–Crippen MR) is 95.5 cm³/mol. The summed E-state index contributed by atoms with van der Waals surface area (Å²) in [5.74, 6) is -0.118. The van der Waals surface area contributed by atoms with Gasteiger partial charge in [0.2, 0.25) is 0 Å². The first kappa shape index (κ1) is 19.0. The van der Waals surface area contributed by atoms with E-state index in [1.807, 2.05) is 59.7 Å². The van der Waals surface area contributed by atoms with E-state index in [9.17, 15) is 9.90 Å². The zero-order chi connectivity index (χ0) is 18.3. The van der Waals surface area contributed by atoms with Crippen LogP contribution >= 0.6 is 0 Å². The third kappa shape index (κ3) is 3.36. The summed E-state index contributed by atoms with van der Waals surface area (Å²) in [6, 6.07) is 5.44. The first-order chi connectivity index (χ1) is 11.0. The highest BCUT2D eigenvalue weighted by Gasteiger charge is 2.51. The quantitative estimate of drug-likeness (QED) is 0.853. The summed E-state index contributed by atoms with van der Waals surface area (Å²) < 4.78 is 12.1. The average Bonchev–Trinajstić information content (AvgIpc) is 2.73. The van der Waals surface area contributed by atoms with Gasteiger partial charge in [0.1, 0.15) is 0 Å². The van der Waals surface area contributed by atoms with Gasteiger partial charge in [0.05, 0.1) is 23.9 Å². The van der Waals surface area contributed by atoms with Crippen molar-refractivity contribution in [3.63, 3.8) is 0 Å². The van der Waals surface area contributed by atoms with Crippen LogP contribution in [0.15, 0.2) is 18.2 Å². The lowest BCUT2D eigenvalue weighted by Gasteiger charge is -2.32. The summed E-state index contributed by atoms with van der Waals surface area (Å²) >= 11 is 0. The van der Waals surface area contributed by atoms with Crippen LogP contribution in [-0.4, -0.2) is 53.9 Å². The van der Waals surface area contributed by atoms with Crippen LogP contribution in [0.25, 0.3) is 0 Å². The summed E-state index contributed by atoms with van der Waals surface area (Å²) in [5.41, 5.74) is 1.47. The number of benzene rings is 1. The van der Waals surface area contributed by atoms with E-state index in [2.05, 4.69) is 0 Å². The van der Waals surface area contributed by atoms with Gasteiger partial charge < -0.3 is 19.3 Å². The molecule has 2 rings (SSSR count). The monoisotopic (exact) mass is 333 g/mol. The second kappa shape index (κ2) is 6.50. The predicted octanol–water partition coefficient (Wildman–Crippen LogP) is 1.75. The molecule has 5 nitrogen and oxygen atoms in total. The number of rotatable bonds is 4. The molecular weight excluding hydrogens is 305 g/mol. The molecule has 1 N–H and O–H groups in total. The van der Waals surface area contributed by atoms with Crippen molar-refractivity contribution in [3.05, 3.63) is 29.3 Å². The number of carbonyl (C=O) groups excluding carboxylic acids is 1. The highest BCUT2D eigenvalue weighted by molar-refractivity contribution is 6.62. The lowest BCUT2D eigenvalue weighted by atomic mass is 9.77. The number of amides is 1. The average molecular weight is 333 g/mol. The van der Waals surface area contributed by atoms with Crippen LogP contribution in [0.3, 0.4) is 0 Å². The molecule has 1 aromatic rings. The Morgan fingerprint density at radius 2 is 1.79 bits per heavy atom. The third-order valence-corrected chi connectivity index (χ3v) is 5.26. The number of carbonyl (C=O) groups is 1. The molecule has 0 radical (unpaired) electrons. The number of hydrogen-bond donors (Lipinski definition) is 1. The Kier molecular flexibility index (Phi) is 5.14. The van der Waals surface area contributed by atoms with Crippen molar-refractivity contribution in [2.24, 2.45) is 0 Å². The van der Waals surface area contributed by atoms with Crippen molar-refractivity contribution in [2.45, 2.75) is 58.8 Å². The SMILES string of the molecule is Cc1ccc(B2OC(C)(C)C(C)(C)O2)cc1C(=O)N(C)C(C)CO. The number of nitrogens with zero attached hydrogens (tertiary/aromatic N) is 1. The summed E-state index contributed by atoms with van der Waals surface area (Å²) in [4.78, 5) is 14.3. The molecule has 0 aliphatic carbocycles. The van der Waals surface area contributed by atoms with E-state index in [1.165, 1.54) is 0 Å². The molecule has 1 fully saturated rings. The first-order valence-corrected chi connectivity index (χ1v) is 8.34. The van der Waals surface area contributed by atoms with Crippen molar-refractivity contribution < 1.29 is 19.2 Å². The van der Waals surface area contributed by atoms with Gasteiger partial charge in [-0.2, -0.15) is 0 Å². The van der Waals surface area contributed by atoms with Crippen LogP contribution in [0.2, 0.25) is 0 Å². The molecule has 1 aromatic carbocycles. The molecule has 6 heteroatoms. The van der Waals surface area contributed by atoms with Crippen molar-refractivity contribution in [3.8, 4) is 0 Å². The number of aliphatic hydroxyl groups is 1. The molecule has 1 amide bonds. The van der Waals surface area contributed by atoms with Crippen molar-refractivity contribution in [1.82, 2.24) is 4.90 Å². The molecular formula is C18H28BNO4. The molecule has 1 aliphatic rings. The van der Waals surface area contributed by atoms with Crippen LogP contribution in [0, 0.1) is 6.92 Å². The minimum atomic E-state index is -0.497. The fourth-order valence-electron chi connectivity index (χ4n) is 2.51. The Balaban J connectivity index is 2.32. The summed E-state index contributed by atoms with van der Waals surface area (Å²) in [6.07, 6.45) is 0. The van der Waals surface area contributed by atoms with Gasteiger partial charge in [-0.25, -0.2) is 0 Å². The van der Waals surface area contributed by atoms with E-state index >= 15 is 0 Å². The fourth-order valence-corrected chi connectivity index (χ4v) is 2.51. The number of hydrogen-bond acceptors (Lipinski definition) is 4. The lowest BCUT2D eigenvalue weighted by molar-refractivity contribution is 0.00578. The summed E-state index contributed by atoms with van der Waals surface area (Å²) in [7, 11) is 1.20. The highest BCUT2D eigenvalue weighted by Crippen LogP contribution is 2.36. The molecule has 24 heavy (non-hydrogen) atoms. The van der Waals surface area contributed by atoms with E-state index in [-0.39, 0.29) is 18.6 Å². The molecule has 0 saturated carbocycles. The third-order valence-electron chi connectivity index (χ3n) is 5.26. The number of likely N-dealkylation sites (N-methyl/N-ethyl adjacent to an activating group) is 1. The van der Waals surface area contributed by atoms with E-state index in [0.29, 0.717) is 5.56 Å². The molecule has 1 saturated heterocycles. The van der Waals surface area contributed by atoms with E-state index in [4.69, 9.17) is 9.31 Å². The van der Waals surface area contributed by atoms with E-state index < -0.39 is 18.3 Å². The Morgan fingerprint density at radius 1 is 1.25 bits per heavy atom. The molecule has 1 atom stereocenters. The Labute approximate surface area is 145 Å². The van der Waals surface area contributed by atoms with Gasteiger partial charge in [-0.1, -0.05) is 12.1 Å². The number of aliphatic hydroxyl groups excluding tert-OH is 1. The first-order valence-electron chi connectivity index (χ1n) is 8.34. The van der Waals surface area contributed by atoms with Gasteiger partial charge >= 0.3 is 7.12 Å². The van der Waals surface area contributed by atoms with Crippen LogP contribution in [0.4, 0.5) is 0 Å². The van der Waals surface area contributed by atoms with Gasteiger partial charge in [0, 0.05) is 12.6 Å². The van der Waals surface area contributed by atoms with Crippen molar-refractivity contribution >= 4 is 18.5 Å². The maximum atomic E-state index is 12.7. The number of aryl methyl sites for hydroxylation is 1. The standard InChI is InChI=1S/C18H28BNO4/c1-12-8-9-14(19-23-17(3,4)18(5,6)24-19)10-15(12)16(22)20(7)13(2)11-21/h8-10,13,21H,11H2,1-7H3. The molecule has 0 aromatic heterocycles. The second-order valence-electron chi connectivity index (χ2n) is 7.61. The largest absolute Gasteiger partial charge is 0.494 e. The molecule has 0 bridgehead atoms. The van der Waals surface area contributed by atoms with Gasteiger partial charge in [-0.3, -0.25) is 4.79 Å². The van der Waals surface area contributed by atoms with Gasteiger partial charge in [-0.15, -0.1) is 0 Å². The van der Waals surface area contributed by atoms with E-state index in [0.717, 1.165) is 11.0 Å². The topological polar surface area (TPSA) is 59.0 Å². The van der Waals surface area contributed by atoms with Crippen LogP contribution in [0.5, 0.6) is 0 Å². The second-order valence-corrected chi connectivity index (χ2v) is 7.61. The Hall–Kier alpha value is -1.37. The zero-order valence-electron chi connectivity index (χ0n) is 15.7. The highest BCUT2D eigenvalue weighted by atomic mass is 16.7. The summed E-state index contributed by atoms with van der Waals surface area (Å²) in [6.45, 7) is 11.7. The molecule has 0 spiro atoms. The van der Waals surface area contributed by atoms with Gasteiger partial charge in [-0.05, 0) is 58.6 Å². The molecule has 1 unspecified atom stereocenters. The van der Waals surface area contributed by atoms with Crippen molar-refractivity contribution in [1.29, 1.82) is 0 Å². The van der Waals surface area contributed by atoms with Gasteiger partial charge in [0.25, 0.3) is 5.91 Å². The molecule has 132 valence electrons. The Bertz CT molecular complexity index is 613.